The van der Waals surface area contributed by atoms with Gasteiger partial charge in [0.25, 0.3) is 0 Å². The van der Waals surface area contributed by atoms with E-state index in [2.05, 4.69) is 24.1 Å². The van der Waals surface area contributed by atoms with Gasteiger partial charge in [-0.05, 0) is 33.0 Å². The van der Waals surface area contributed by atoms with Gasteiger partial charge in [-0.1, -0.05) is 19.9 Å². The summed E-state index contributed by atoms with van der Waals surface area (Å²) in [6, 6.07) is 4.46. The maximum absolute atomic E-state index is 13.0. The monoisotopic (exact) mass is 268 g/mol. The van der Waals surface area contributed by atoms with Gasteiger partial charge in [0, 0.05) is 30.3 Å². The lowest BCUT2D eigenvalue weighted by Crippen LogP contribution is -2.43. The Hall–Kier alpha value is -1.13. The van der Waals surface area contributed by atoms with E-state index in [0.29, 0.717) is 12.0 Å². The van der Waals surface area contributed by atoms with Gasteiger partial charge in [-0.2, -0.15) is 0 Å². The SMILES string of the molecule is CC(NC(CN(C)C)C(C)C)c1ccc(F)cc1O. The number of halogens is 1. The maximum Gasteiger partial charge on any atom is 0.126 e. The van der Waals surface area contributed by atoms with E-state index < -0.39 is 5.82 Å². The number of hydrogen-bond acceptors (Lipinski definition) is 3. The largest absolute Gasteiger partial charge is 0.508 e. The Labute approximate surface area is 115 Å². The smallest absolute Gasteiger partial charge is 0.126 e. The second-order valence-electron chi connectivity index (χ2n) is 5.70. The van der Waals surface area contributed by atoms with Crippen LogP contribution in [0.15, 0.2) is 18.2 Å². The first-order valence-corrected chi connectivity index (χ1v) is 6.70. The Morgan fingerprint density at radius 1 is 1.26 bits per heavy atom. The van der Waals surface area contributed by atoms with Crippen molar-refractivity contribution < 1.29 is 9.50 Å². The molecule has 4 heteroatoms. The van der Waals surface area contributed by atoms with Gasteiger partial charge in [0.2, 0.25) is 0 Å². The third-order valence-corrected chi connectivity index (χ3v) is 3.29. The van der Waals surface area contributed by atoms with Crippen molar-refractivity contribution in [1.29, 1.82) is 0 Å². The first-order valence-electron chi connectivity index (χ1n) is 6.70. The zero-order valence-corrected chi connectivity index (χ0v) is 12.4. The van der Waals surface area contributed by atoms with Gasteiger partial charge in [0.15, 0.2) is 0 Å². The van der Waals surface area contributed by atoms with E-state index in [9.17, 15) is 9.50 Å². The molecule has 0 aromatic heterocycles. The van der Waals surface area contributed by atoms with Gasteiger partial charge < -0.3 is 15.3 Å². The molecule has 2 unspecified atom stereocenters. The number of benzene rings is 1. The van der Waals surface area contributed by atoms with Crippen molar-refractivity contribution in [2.75, 3.05) is 20.6 Å². The average molecular weight is 268 g/mol. The Morgan fingerprint density at radius 3 is 2.37 bits per heavy atom. The molecule has 0 amide bonds. The Morgan fingerprint density at radius 2 is 1.89 bits per heavy atom. The number of likely N-dealkylation sites (N-methyl/N-ethyl adjacent to an activating group) is 1. The molecule has 0 fully saturated rings. The highest BCUT2D eigenvalue weighted by atomic mass is 19.1. The van der Waals surface area contributed by atoms with Crippen molar-refractivity contribution in [1.82, 2.24) is 10.2 Å². The van der Waals surface area contributed by atoms with Gasteiger partial charge in [-0.15, -0.1) is 0 Å². The normalized spacial score (nSPS) is 14.9. The Balaban J connectivity index is 2.78. The van der Waals surface area contributed by atoms with Crippen molar-refractivity contribution in [3.8, 4) is 5.75 Å². The summed E-state index contributed by atoms with van der Waals surface area (Å²) in [5, 5.41) is 13.3. The van der Waals surface area contributed by atoms with Gasteiger partial charge in [-0.25, -0.2) is 4.39 Å². The average Bonchev–Trinajstić information content (AvgIpc) is 2.26. The molecule has 0 saturated carbocycles. The molecule has 1 rings (SSSR count). The van der Waals surface area contributed by atoms with Gasteiger partial charge in [0.1, 0.15) is 11.6 Å². The van der Waals surface area contributed by atoms with Crippen LogP contribution in [0.5, 0.6) is 5.75 Å². The highest BCUT2D eigenvalue weighted by molar-refractivity contribution is 5.34. The van der Waals surface area contributed by atoms with Gasteiger partial charge >= 0.3 is 0 Å². The van der Waals surface area contributed by atoms with Crippen molar-refractivity contribution in [2.24, 2.45) is 5.92 Å². The van der Waals surface area contributed by atoms with E-state index in [0.717, 1.165) is 18.2 Å². The van der Waals surface area contributed by atoms with E-state index in [1.165, 1.54) is 6.07 Å². The van der Waals surface area contributed by atoms with Crippen molar-refractivity contribution in [2.45, 2.75) is 32.9 Å². The van der Waals surface area contributed by atoms with Crippen LogP contribution < -0.4 is 5.32 Å². The number of nitrogens with one attached hydrogen (secondary N) is 1. The Bertz CT molecular complexity index is 407. The standard InChI is InChI=1S/C15H25FN2O/c1-10(2)14(9-18(4)5)17-11(3)13-7-6-12(16)8-15(13)19/h6-8,10-11,14,17,19H,9H2,1-5H3. The highest BCUT2D eigenvalue weighted by Gasteiger charge is 2.19. The molecule has 0 aliphatic rings. The number of phenolic OH excluding ortho intramolecular Hbond substituents is 1. The molecule has 2 N–H and O–H groups in total. The summed E-state index contributed by atoms with van der Waals surface area (Å²) in [5.41, 5.74) is 0.728. The summed E-state index contributed by atoms with van der Waals surface area (Å²) < 4.78 is 13.0. The van der Waals surface area contributed by atoms with Crippen LogP contribution in [0, 0.1) is 11.7 Å². The first-order chi connectivity index (χ1) is 8.81. The molecule has 0 saturated heterocycles. The minimum Gasteiger partial charge on any atom is -0.508 e. The minimum absolute atomic E-state index is 0.00681. The van der Waals surface area contributed by atoms with Crippen LogP contribution in [0.1, 0.15) is 32.4 Å². The lowest BCUT2D eigenvalue weighted by molar-refractivity contribution is 0.272. The van der Waals surface area contributed by atoms with Crippen LogP contribution in [0.2, 0.25) is 0 Å². The molecule has 1 aromatic carbocycles. The van der Waals surface area contributed by atoms with Crippen LogP contribution >= 0.6 is 0 Å². The lowest BCUT2D eigenvalue weighted by atomic mass is 10.00. The molecule has 0 aliphatic heterocycles. The van der Waals surface area contributed by atoms with Gasteiger partial charge in [-0.3, -0.25) is 0 Å². The molecular weight excluding hydrogens is 243 g/mol. The molecule has 2 atom stereocenters. The number of aromatic hydroxyl groups is 1. The van der Waals surface area contributed by atoms with Crippen molar-refractivity contribution in [3.05, 3.63) is 29.6 Å². The summed E-state index contributed by atoms with van der Waals surface area (Å²) in [6.07, 6.45) is 0. The van der Waals surface area contributed by atoms with Crippen LogP contribution in [-0.2, 0) is 0 Å². The molecule has 0 bridgehead atoms. The number of rotatable bonds is 6. The maximum atomic E-state index is 13.0. The minimum atomic E-state index is -0.415. The summed E-state index contributed by atoms with van der Waals surface area (Å²) in [5.74, 6) is 0.0713. The fraction of sp³-hybridized carbons (Fsp3) is 0.600. The van der Waals surface area contributed by atoms with Crippen molar-refractivity contribution >= 4 is 0 Å². The molecule has 1 aromatic rings. The van der Waals surface area contributed by atoms with Crippen molar-refractivity contribution in [3.63, 3.8) is 0 Å². The first kappa shape index (κ1) is 15.9. The summed E-state index contributed by atoms with van der Waals surface area (Å²) in [6.45, 7) is 7.23. The quantitative estimate of drug-likeness (QED) is 0.833. The number of hydrogen-bond donors (Lipinski definition) is 2. The molecular formula is C15H25FN2O. The predicted octanol–water partition coefficient (Wildman–Crippen LogP) is 2.77. The fourth-order valence-corrected chi connectivity index (χ4v) is 2.14. The van der Waals surface area contributed by atoms with E-state index in [-0.39, 0.29) is 11.8 Å². The molecule has 0 spiro atoms. The molecule has 108 valence electrons. The van der Waals surface area contributed by atoms with E-state index in [1.807, 2.05) is 21.0 Å². The van der Waals surface area contributed by atoms with Crippen LogP contribution in [-0.4, -0.2) is 36.7 Å². The molecule has 0 radical (unpaired) electrons. The summed E-state index contributed by atoms with van der Waals surface area (Å²) in [7, 11) is 4.08. The van der Waals surface area contributed by atoms with Crippen LogP contribution in [0.25, 0.3) is 0 Å². The number of nitrogens with zero attached hydrogens (tertiary/aromatic N) is 1. The summed E-state index contributed by atoms with van der Waals surface area (Å²) in [4.78, 5) is 2.13. The molecule has 19 heavy (non-hydrogen) atoms. The molecule has 3 nitrogen and oxygen atoms in total. The second-order valence-corrected chi connectivity index (χ2v) is 5.70. The Kier molecular flexibility index (Phi) is 5.76. The lowest BCUT2D eigenvalue weighted by Gasteiger charge is -2.29. The van der Waals surface area contributed by atoms with E-state index in [1.54, 1.807) is 6.07 Å². The van der Waals surface area contributed by atoms with Crippen LogP contribution in [0.3, 0.4) is 0 Å². The molecule has 0 aliphatic carbocycles. The topological polar surface area (TPSA) is 35.5 Å². The van der Waals surface area contributed by atoms with Gasteiger partial charge in [0.05, 0.1) is 0 Å². The third-order valence-electron chi connectivity index (χ3n) is 3.29. The zero-order chi connectivity index (χ0) is 14.6. The third kappa shape index (κ3) is 4.80. The van der Waals surface area contributed by atoms with E-state index >= 15 is 0 Å². The highest BCUT2D eigenvalue weighted by Crippen LogP contribution is 2.25. The predicted molar refractivity (Wildman–Crippen MR) is 76.8 cm³/mol. The second kappa shape index (κ2) is 6.87. The molecule has 0 heterocycles. The number of phenols is 1. The summed E-state index contributed by atoms with van der Waals surface area (Å²) >= 11 is 0. The fourth-order valence-electron chi connectivity index (χ4n) is 2.14. The zero-order valence-electron chi connectivity index (χ0n) is 12.4. The van der Waals surface area contributed by atoms with Crippen LogP contribution in [0.4, 0.5) is 4.39 Å². The van der Waals surface area contributed by atoms with E-state index in [4.69, 9.17) is 0 Å².